The molecule has 3 aliphatic carbocycles. The summed E-state index contributed by atoms with van der Waals surface area (Å²) < 4.78 is 44.5. The molecule has 5 rings (SSSR count). The van der Waals surface area contributed by atoms with Crippen molar-refractivity contribution >= 4 is 39.8 Å². The third-order valence-electron chi connectivity index (χ3n) is 9.39. The molecule has 5 aliphatic rings. The molecule has 0 spiro atoms. The van der Waals surface area contributed by atoms with E-state index in [0.29, 0.717) is 19.3 Å². The van der Waals surface area contributed by atoms with Crippen molar-refractivity contribution in [3.8, 4) is 0 Å². The van der Waals surface area contributed by atoms with Gasteiger partial charge in [-0.1, -0.05) is 31.4 Å². The molecule has 0 aromatic rings. The van der Waals surface area contributed by atoms with E-state index in [-0.39, 0.29) is 50.9 Å². The second kappa shape index (κ2) is 14.1. The van der Waals surface area contributed by atoms with E-state index < -0.39 is 74.3 Å². The van der Waals surface area contributed by atoms with Gasteiger partial charge in [-0.05, 0) is 65.7 Å². The lowest BCUT2D eigenvalue weighted by atomic mass is 9.89. The van der Waals surface area contributed by atoms with Crippen LogP contribution in [-0.2, 0) is 43.4 Å². The molecule has 5 unspecified atom stereocenters. The van der Waals surface area contributed by atoms with Gasteiger partial charge in [0, 0.05) is 18.9 Å². The predicted molar refractivity (Wildman–Crippen MR) is 168 cm³/mol. The number of esters is 1. The van der Waals surface area contributed by atoms with Crippen LogP contribution in [0.1, 0.15) is 91.4 Å². The molecule has 2 heterocycles. The summed E-state index contributed by atoms with van der Waals surface area (Å²) in [4.78, 5) is 68.8. The van der Waals surface area contributed by atoms with E-state index in [1.54, 1.807) is 32.9 Å². The van der Waals surface area contributed by atoms with Crippen LogP contribution in [0, 0.1) is 11.8 Å². The summed E-state index contributed by atoms with van der Waals surface area (Å²) in [5, 5.41) is 4.79. The molecule has 5 atom stereocenters. The summed E-state index contributed by atoms with van der Waals surface area (Å²) in [7, 11) is -3.90. The molecule has 3 N–H and O–H groups in total. The first-order valence-corrected chi connectivity index (χ1v) is 18.4. The number of rotatable bonds is 6. The zero-order valence-corrected chi connectivity index (χ0v) is 28.3. The normalized spacial score (nSPS) is 31.6. The lowest BCUT2D eigenvalue weighted by molar-refractivity contribution is -0.155. The summed E-state index contributed by atoms with van der Waals surface area (Å²) in [5.74, 6) is -3.18. The first-order chi connectivity index (χ1) is 22.2. The van der Waals surface area contributed by atoms with Crippen LogP contribution in [0.3, 0.4) is 0 Å². The predicted octanol–water partition coefficient (Wildman–Crippen LogP) is 1.82. The van der Waals surface area contributed by atoms with Crippen LogP contribution in [0.15, 0.2) is 12.2 Å². The van der Waals surface area contributed by atoms with Crippen LogP contribution in [0.4, 0.5) is 4.79 Å². The molecule has 15 heteroatoms. The third kappa shape index (κ3) is 8.84. The fraction of sp³-hybridized carbons (Fsp3) is 0.781. The van der Waals surface area contributed by atoms with Gasteiger partial charge in [0.2, 0.25) is 21.8 Å². The monoisotopic (exact) mass is 680 g/mol. The van der Waals surface area contributed by atoms with Crippen molar-refractivity contribution in [2.45, 2.75) is 126 Å². The van der Waals surface area contributed by atoms with Crippen molar-refractivity contribution in [1.82, 2.24) is 20.3 Å². The molecule has 0 bridgehead atoms. The van der Waals surface area contributed by atoms with Gasteiger partial charge in [0.15, 0.2) is 0 Å². The number of nitrogens with zero attached hydrogens (tertiary/aromatic N) is 1. The van der Waals surface area contributed by atoms with Crippen molar-refractivity contribution in [2.75, 3.05) is 19.8 Å². The molecule has 0 aromatic heterocycles. The van der Waals surface area contributed by atoms with E-state index in [2.05, 4.69) is 15.4 Å². The first kappa shape index (κ1) is 35.1. The van der Waals surface area contributed by atoms with Crippen molar-refractivity contribution in [2.24, 2.45) is 11.8 Å². The Morgan fingerprint density at radius 1 is 1.04 bits per heavy atom. The van der Waals surface area contributed by atoms with Crippen molar-refractivity contribution < 1.29 is 46.6 Å². The smallest absolute Gasteiger partial charge is 0.408 e. The summed E-state index contributed by atoms with van der Waals surface area (Å²) in [6, 6.07) is -2.22. The van der Waals surface area contributed by atoms with Gasteiger partial charge in [0.05, 0.1) is 24.3 Å². The van der Waals surface area contributed by atoms with Crippen LogP contribution < -0.4 is 15.4 Å². The van der Waals surface area contributed by atoms with Gasteiger partial charge in [0.1, 0.15) is 29.3 Å². The topological polar surface area (TPSA) is 187 Å². The van der Waals surface area contributed by atoms with Crippen LogP contribution in [0.25, 0.3) is 0 Å². The Morgan fingerprint density at radius 2 is 1.77 bits per heavy atom. The average Bonchev–Trinajstić information content (AvgIpc) is 3.92. The Bertz CT molecular complexity index is 1370. The fourth-order valence-electron chi connectivity index (χ4n) is 6.61. The fourth-order valence-corrected chi connectivity index (χ4v) is 7.97. The standard InChI is InChI=1S/C32H48N4O10S/c1-31(2,3)46-30(41)33-24-12-8-16-44-15-7-11-21-18-32(21,29(40)35-47(42,43)23-13-14-23)34-26(37)25-17-22(19-36(25)27(24)38)45-28(39)20-9-5-4-6-10-20/h7,11,20-25H,4-6,8-10,12-19H2,1-3H3,(H,33,41)(H,34,37)(H,35,40)/b11-7-. The molecule has 0 radical (unpaired) electrons. The van der Waals surface area contributed by atoms with Crippen molar-refractivity contribution in [3.05, 3.63) is 12.2 Å². The number of carbonyl (C=O) groups is 5. The van der Waals surface area contributed by atoms with E-state index in [9.17, 15) is 32.4 Å². The number of nitrogens with one attached hydrogen (secondary N) is 3. The number of ether oxygens (including phenoxy) is 3. The molecule has 47 heavy (non-hydrogen) atoms. The van der Waals surface area contributed by atoms with Crippen LogP contribution in [0.5, 0.6) is 0 Å². The highest BCUT2D eigenvalue weighted by Crippen LogP contribution is 2.46. The largest absolute Gasteiger partial charge is 0.460 e. The van der Waals surface area contributed by atoms with E-state index in [4.69, 9.17) is 14.2 Å². The highest BCUT2D eigenvalue weighted by molar-refractivity contribution is 7.91. The van der Waals surface area contributed by atoms with Gasteiger partial charge in [-0.2, -0.15) is 0 Å². The summed E-state index contributed by atoms with van der Waals surface area (Å²) >= 11 is 0. The molecule has 262 valence electrons. The highest BCUT2D eigenvalue weighted by Gasteiger charge is 2.62. The van der Waals surface area contributed by atoms with Crippen molar-refractivity contribution in [1.29, 1.82) is 0 Å². The molecule has 14 nitrogen and oxygen atoms in total. The quantitative estimate of drug-likeness (QED) is 0.276. The summed E-state index contributed by atoms with van der Waals surface area (Å²) in [6.07, 6.45) is 7.86. The Labute approximate surface area is 276 Å². The minimum atomic E-state index is -3.90. The Hall–Kier alpha value is -3.20. The summed E-state index contributed by atoms with van der Waals surface area (Å²) in [5.41, 5.74) is -2.37. The van der Waals surface area contributed by atoms with Gasteiger partial charge in [-0.3, -0.25) is 23.9 Å². The number of sulfonamides is 1. The number of amides is 4. The Balaban J connectivity index is 1.40. The van der Waals surface area contributed by atoms with Crippen molar-refractivity contribution in [3.63, 3.8) is 0 Å². The zero-order valence-electron chi connectivity index (χ0n) is 27.5. The third-order valence-corrected chi connectivity index (χ3v) is 11.2. The average molecular weight is 681 g/mol. The first-order valence-electron chi connectivity index (χ1n) is 16.8. The Kier molecular flexibility index (Phi) is 10.5. The minimum Gasteiger partial charge on any atom is -0.460 e. The maximum Gasteiger partial charge on any atom is 0.408 e. The molecular weight excluding hydrogens is 632 g/mol. The maximum atomic E-state index is 14.1. The molecule has 1 saturated heterocycles. The molecule has 2 aliphatic heterocycles. The SMILES string of the molecule is CC(C)(C)OC(=O)NC1CCCOC/C=C\C2CC2(C(=O)NS(=O)(=O)C2CC2)NC(=O)C2CC(OC(=O)C3CCCCC3)CN2C1=O. The second-order valence-corrected chi connectivity index (χ2v) is 16.4. The maximum absolute atomic E-state index is 14.1. The number of fused-ring (bicyclic) bond motifs is 2. The van der Waals surface area contributed by atoms with Gasteiger partial charge in [-0.25, -0.2) is 13.2 Å². The van der Waals surface area contributed by atoms with Crippen LogP contribution in [0.2, 0.25) is 0 Å². The van der Waals surface area contributed by atoms with Crippen LogP contribution >= 0.6 is 0 Å². The number of hydrogen-bond acceptors (Lipinski definition) is 10. The number of hydrogen-bond donors (Lipinski definition) is 3. The summed E-state index contributed by atoms with van der Waals surface area (Å²) in [6.45, 7) is 5.48. The minimum absolute atomic E-state index is 0.0170. The van der Waals surface area contributed by atoms with E-state index >= 15 is 0 Å². The molecule has 4 amide bonds. The van der Waals surface area contributed by atoms with Gasteiger partial charge < -0.3 is 29.7 Å². The molecule has 3 saturated carbocycles. The van der Waals surface area contributed by atoms with E-state index in [0.717, 1.165) is 32.1 Å². The van der Waals surface area contributed by atoms with Gasteiger partial charge in [0.25, 0.3) is 5.91 Å². The van der Waals surface area contributed by atoms with Gasteiger partial charge in [-0.15, -0.1) is 0 Å². The van der Waals surface area contributed by atoms with E-state index in [1.807, 2.05) is 0 Å². The highest BCUT2D eigenvalue weighted by atomic mass is 32.2. The van der Waals surface area contributed by atoms with Crippen LogP contribution in [-0.4, -0.2) is 97.4 Å². The Morgan fingerprint density at radius 3 is 2.45 bits per heavy atom. The molecular formula is C32H48N4O10S. The number of carbonyl (C=O) groups excluding carboxylic acids is 5. The molecule has 4 fully saturated rings. The van der Waals surface area contributed by atoms with Gasteiger partial charge >= 0.3 is 12.1 Å². The second-order valence-electron chi connectivity index (χ2n) is 14.4. The lowest BCUT2D eigenvalue weighted by Crippen LogP contribution is -2.58. The zero-order chi connectivity index (χ0) is 34.0. The molecule has 0 aromatic carbocycles. The number of alkyl carbamates (subject to hydrolysis) is 1. The lowest BCUT2D eigenvalue weighted by Gasteiger charge is -2.30. The van der Waals surface area contributed by atoms with E-state index in [1.165, 1.54) is 4.90 Å².